The molecule has 1 aromatic carbocycles. The highest BCUT2D eigenvalue weighted by Crippen LogP contribution is 2.18. The molecule has 172 valence electrons. The van der Waals surface area contributed by atoms with E-state index in [9.17, 15) is 14.4 Å². The molecule has 0 fully saturated rings. The molecule has 32 heavy (non-hydrogen) atoms. The molecule has 1 atom stereocenters. The molecule has 0 radical (unpaired) electrons. The van der Waals surface area contributed by atoms with Gasteiger partial charge in [-0.25, -0.2) is 14.6 Å². The lowest BCUT2D eigenvalue weighted by Crippen LogP contribution is -2.47. The Morgan fingerprint density at radius 2 is 1.53 bits per heavy atom. The molecule has 2 amide bonds. The van der Waals surface area contributed by atoms with E-state index < -0.39 is 35.2 Å². The standard InChI is InChI=1S/C24H31N3O5/c1-23(2,3)31-21(29)17-13-10-14-25-19(17)27-20(28)18(15-16-11-8-7-9-12-16)26-22(30)32-24(4,5)6/h7-14,18H,15H2,1-6H3,(H,26,30)(H,25,27,28)/t18-/m1/s1. The summed E-state index contributed by atoms with van der Waals surface area (Å²) in [6.07, 6.45) is 0.958. The third-order valence-electron chi connectivity index (χ3n) is 3.96. The highest BCUT2D eigenvalue weighted by Gasteiger charge is 2.27. The maximum atomic E-state index is 13.1. The Morgan fingerprint density at radius 3 is 2.12 bits per heavy atom. The van der Waals surface area contributed by atoms with E-state index in [1.807, 2.05) is 30.3 Å². The third-order valence-corrected chi connectivity index (χ3v) is 3.96. The summed E-state index contributed by atoms with van der Waals surface area (Å²) in [7, 11) is 0. The van der Waals surface area contributed by atoms with Crippen LogP contribution in [0, 0.1) is 0 Å². The summed E-state index contributed by atoms with van der Waals surface area (Å²) in [6.45, 7) is 10.5. The largest absolute Gasteiger partial charge is 0.456 e. The molecule has 0 saturated carbocycles. The topological polar surface area (TPSA) is 107 Å². The number of anilines is 1. The molecule has 8 heteroatoms. The van der Waals surface area contributed by atoms with Gasteiger partial charge in [-0.3, -0.25) is 4.79 Å². The van der Waals surface area contributed by atoms with E-state index in [1.165, 1.54) is 12.3 Å². The number of nitrogens with one attached hydrogen (secondary N) is 2. The summed E-state index contributed by atoms with van der Waals surface area (Å²) >= 11 is 0. The average molecular weight is 442 g/mol. The quantitative estimate of drug-likeness (QED) is 0.654. The zero-order valence-electron chi connectivity index (χ0n) is 19.4. The van der Waals surface area contributed by atoms with E-state index in [4.69, 9.17) is 9.47 Å². The van der Waals surface area contributed by atoms with Gasteiger partial charge < -0.3 is 20.1 Å². The SMILES string of the molecule is CC(C)(C)OC(=O)N[C@H](Cc1ccccc1)C(=O)Nc1ncccc1C(=O)OC(C)(C)C. The minimum Gasteiger partial charge on any atom is -0.456 e. The van der Waals surface area contributed by atoms with Crippen molar-refractivity contribution in [3.8, 4) is 0 Å². The normalized spacial score (nSPS) is 12.4. The molecule has 1 heterocycles. The number of hydrogen-bond acceptors (Lipinski definition) is 6. The molecule has 1 aromatic heterocycles. The lowest BCUT2D eigenvalue weighted by molar-refractivity contribution is -0.118. The molecular formula is C24H31N3O5. The van der Waals surface area contributed by atoms with Gasteiger partial charge in [0.05, 0.1) is 0 Å². The van der Waals surface area contributed by atoms with Gasteiger partial charge in [0.25, 0.3) is 0 Å². The Hall–Kier alpha value is -3.42. The van der Waals surface area contributed by atoms with Gasteiger partial charge in [-0.05, 0) is 59.2 Å². The van der Waals surface area contributed by atoms with Gasteiger partial charge in [0.15, 0.2) is 0 Å². The van der Waals surface area contributed by atoms with Crippen molar-refractivity contribution in [1.82, 2.24) is 10.3 Å². The van der Waals surface area contributed by atoms with Crippen molar-refractivity contribution in [2.45, 2.75) is 65.2 Å². The van der Waals surface area contributed by atoms with Crippen molar-refractivity contribution in [2.24, 2.45) is 0 Å². The number of aromatic nitrogens is 1. The fraction of sp³-hybridized carbons (Fsp3) is 0.417. The van der Waals surface area contributed by atoms with Crippen molar-refractivity contribution in [3.63, 3.8) is 0 Å². The molecule has 2 N–H and O–H groups in total. The van der Waals surface area contributed by atoms with Crippen LogP contribution in [0.3, 0.4) is 0 Å². The Morgan fingerprint density at radius 1 is 0.906 bits per heavy atom. The van der Waals surface area contributed by atoms with Crippen LogP contribution in [0.4, 0.5) is 10.6 Å². The number of carbonyl (C=O) groups is 3. The number of alkyl carbamates (subject to hydrolysis) is 1. The molecule has 2 rings (SSSR count). The van der Waals surface area contributed by atoms with Crippen LogP contribution in [-0.4, -0.2) is 40.2 Å². The lowest BCUT2D eigenvalue weighted by atomic mass is 10.1. The van der Waals surface area contributed by atoms with Crippen molar-refractivity contribution in [2.75, 3.05) is 5.32 Å². The Balaban J connectivity index is 2.24. The second-order valence-corrected chi connectivity index (χ2v) is 9.28. The summed E-state index contributed by atoms with van der Waals surface area (Å²) in [6, 6.07) is 11.4. The number of esters is 1. The van der Waals surface area contributed by atoms with Crippen LogP contribution in [0.25, 0.3) is 0 Å². The molecule has 0 aliphatic rings. The van der Waals surface area contributed by atoms with Gasteiger partial charge in [-0.1, -0.05) is 30.3 Å². The van der Waals surface area contributed by atoms with E-state index in [-0.39, 0.29) is 17.8 Å². The van der Waals surface area contributed by atoms with Gasteiger partial charge in [0.1, 0.15) is 28.6 Å². The smallest absolute Gasteiger partial charge is 0.408 e. The zero-order chi connectivity index (χ0) is 23.9. The summed E-state index contributed by atoms with van der Waals surface area (Å²) < 4.78 is 10.7. The van der Waals surface area contributed by atoms with Crippen molar-refractivity contribution < 1.29 is 23.9 Å². The monoisotopic (exact) mass is 441 g/mol. The second-order valence-electron chi connectivity index (χ2n) is 9.28. The van der Waals surface area contributed by atoms with Crippen molar-refractivity contribution >= 4 is 23.8 Å². The molecule has 0 bridgehead atoms. The van der Waals surface area contributed by atoms with Gasteiger partial charge >= 0.3 is 12.1 Å². The van der Waals surface area contributed by atoms with E-state index in [0.29, 0.717) is 0 Å². The highest BCUT2D eigenvalue weighted by atomic mass is 16.6. The number of rotatable bonds is 6. The number of hydrogen-bond donors (Lipinski definition) is 2. The van der Waals surface area contributed by atoms with Crippen LogP contribution in [0.15, 0.2) is 48.7 Å². The van der Waals surface area contributed by atoms with Crippen LogP contribution in [0.5, 0.6) is 0 Å². The van der Waals surface area contributed by atoms with Crippen LogP contribution in [-0.2, 0) is 20.7 Å². The molecular weight excluding hydrogens is 410 g/mol. The first-order valence-electron chi connectivity index (χ1n) is 10.4. The van der Waals surface area contributed by atoms with E-state index in [0.717, 1.165) is 5.56 Å². The summed E-state index contributed by atoms with van der Waals surface area (Å²) in [5, 5.41) is 5.26. The highest BCUT2D eigenvalue weighted by molar-refractivity contribution is 6.02. The summed E-state index contributed by atoms with van der Waals surface area (Å²) in [5.41, 5.74) is -0.464. The van der Waals surface area contributed by atoms with Crippen molar-refractivity contribution in [3.05, 3.63) is 59.8 Å². The lowest BCUT2D eigenvalue weighted by Gasteiger charge is -2.24. The first-order valence-corrected chi connectivity index (χ1v) is 10.4. The molecule has 2 aromatic rings. The third kappa shape index (κ3) is 8.37. The number of amides is 2. The Bertz CT molecular complexity index is 946. The number of carbonyl (C=O) groups excluding carboxylic acids is 3. The zero-order valence-corrected chi connectivity index (χ0v) is 19.4. The molecule has 0 spiro atoms. The van der Waals surface area contributed by atoms with Crippen LogP contribution in [0.2, 0.25) is 0 Å². The van der Waals surface area contributed by atoms with E-state index in [2.05, 4.69) is 15.6 Å². The first-order chi connectivity index (χ1) is 14.8. The van der Waals surface area contributed by atoms with Gasteiger partial charge in [-0.2, -0.15) is 0 Å². The Kier molecular flexibility index (Phi) is 7.97. The summed E-state index contributed by atoms with van der Waals surface area (Å²) in [5.74, 6) is -1.10. The van der Waals surface area contributed by atoms with Gasteiger partial charge in [0, 0.05) is 12.6 Å². The number of benzene rings is 1. The molecule has 0 aliphatic heterocycles. The van der Waals surface area contributed by atoms with Crippen LogP contribution in [0.1, 0.15) is 57.5 Å². The average Bonchev–Trinajstić information content (AvgIpc) is 2.66. The van der Waals surface area contributed by atoms with Crippen molar-refractivity contribution in [1.29, 1.82) is 0 Å². The summed E-state index contributed by atoms with van der Waals surface area (Å²) in [4.78, 5) is 42.1. The van der Waals surface area contributed by atoms with E-state index in [1.54, 1.807) is 47.6 Å². The fourth-order valence-corrected chi connectivity index (χ4v) is 2.72. The van der Waals surface area contributed by atoms with Gasteiger partial charge in [-0.15, -0.1) is 0 Å². The predicted molar refractivity (Wildman–Crippen MR) is 121 cm³/mol. The second kappa shape index (κ2) is 10.3. The van der Waals surface area contributed by atoms with Crippen LogP contribution < -0.4 is 10.6 Å². The maximum Gasteiger partial charge on any atom is 0.408 e. The Labute approximate surface area is 188 Å². The molecule has 0 aliphatic carbocycles. The fourth-order valence-electron chi connectivity index (χ4n) is 2.72. The van der Waals surface area contributed by atoms with Gasteiger partial charge in [0.2, 0.25) is 5.91 Å². The number of pyridine rings is 1. The molecule has 0 unspecified atom stereocenters. The van der Waals surface area contributed by atoms with E-state index >= 15 is 0 Å². The number of ether oxygens (including phenoxy) is 2. The first kappa shape index (κ1) is 24.8. The molecule has 0 saturated heterocycles. The minimum absolute atomic E-state index is 0.0517. The maximum absolute atomic E-state index is 13.1. The predicted octanol–water partition coefficient (Wildman–Crippen LogP) is 4.11. The minimum atomic E-state index is -0.958. The number of nitrogens with zero attached hydrogens (tertiary/aromatic N) is 1. The molecule has 8 nitrogen and oxygen atoms in total. The van der Waals surface area contributed by atoms with Crippen LogP contribution >= 0.6 is 0 Å².